The van der Waals surface area contributed by atoms with Gasteiger partial charge in [-0.05, 0) is 37.0 Å². The maximum Gasteiger partial charge on any atom is 0.416 e. The molecule has 0 amide bonds. The van der Waals surface area contributed by atoms with Crippen LogP contribution in [0.2, 0.25) is 0 Å². The summed E-state index contributed by atoms with van der Waals surface area (Å²) in [7, 11) is 1.93. The van der Waals surface area contributed by atoms with E-state index in [1.165, 1.54) is 21.9 Å². The Bertz CT molecular complexity index is 1070. The van der Waals surface area contributed by atoms with Crippen molar-refractivity contribution in [1.82, 2.24) is 14.6 Å². The van der Waals surface area contributed by atoms with Gasteiger partial charge in [-0.25, -0.2) is 4.98 Å². The van der Waals surface area contributed by atoms with E-state index in [0.717, 1.165) is 42.7 Å². The quantitative estimate of drug-likeness (QED) is 0.621. The molecule has 2 heterocycles. The van der Waals surface area contributed by atoms with Crippen molar-refractivity contribution in [2.24, 2.45) is 0 Å². The average molecular weight is 422 g/mol. The number of halogens is 3. The topological polar surface area (TPSA) is 50.5 Å². The third-order valence-corrected chi connectivity index (χ3v) is 6.59. The Balaban J connectivity index is 1.62. The van der Waals surface area contributed by atoms with Crippen LogP contribution in [-0.4, -0.2) is 27.7 Å². The van der Waals surface area contributed by atoms with Crippen LogP contribution in [0.25, 0.3) is 4.96 Å². The van der Waals surface area contributed by atoms with Gasteiger partial charge in [0.15, 0.2) is 0 Å². The van der Waals surface area contributed by atoms with E-state index >= 15 is 0 Å². The number of fused-ring (bicyclic) bond motifs is 1. The Morgan fingerprint density at radius 2 is 1.97 bits per heavy atom. The zero-order valence-corrected chi connectivity index (χ0v) is 16.9. The lowest BCUT2D eigenvalue weighted by molar-refractivity contribution is -0.137. The number of rotatable bonds is 4. The molecule has 3 aromatic rings. The van der Waals surface area contributed by atoms with Crippen molar-refractivity contribution in [2.45, 2.75) is 50.7 Å². The van der Waals surface area contributed by atoms with Crippen LogP contribution in [0, 0.1) is 0 Å². The number of hydrogen-bond donors (Lipinski definition) is 0. The number of aryl methyl sites for hydroxylation is 1. The summed E-state index contributed by atoms with van der Waals surface area (Å²) in [6.07, 6.45) is -0.843. The molecule has 1 saturated carbocycles. The third kappa shape index (κ3) is 3.75. The zero-order valence-electron chi connectivity index (χ0n) is 16.1. The average Bonchev–Trinajstić information content (AvgIpc) is 3.34. The first-order chi connectivity index (χ1) is 13.8. The smallest absolute Gasteiger partial charge is 0.346 e. The third-order valence-electron chi connectivity index (χ3n) is 5.59. The zero-order chi connectivity index (χ0) is 20.8. The lowest BCUT2D eigenvalue weighted by Crippen LogP contribution is -2.33. The van der Waals surface area contributed by atoms with Crippen LogP contribution in [0.3, 0.4) is 0 Å². The minimum atomic E-state index is -4.33. The van der Waals surface area contributed by atoms with Gasteiger partial charge in [-0.15, -0.1) is 5.10 Å². The van der Waals surface area contributed by atoms with E-state index in [4.69, 9.17) is 0 Å². The maximum absolute atomic E-state index is 12.9. The SMILES string of the molecule is CCc1cc(=O)n2nc(N(C)[C@H]3CCC[C@H]3c3ccc(C(F)(F)F)cc3)sc2n1. The summed E-state index contributed by atoms with van der Waals surface area (Å²) in [5, 5.41) is 5.13. The molecular weight excluding hydrogens is 401 g/mol. The van der Waals surface area contributed by atoms with Crippen LogP contribution in [0.4, 0.5) is 18.3 Å². The molecule has 2 aromatic heterocycles. The van der Waals surface area contributed by atoms with Gasteiger partial charge in [0, 0.05) is 30.8 Å². The van der Waals surface area contributed by atoms with Crippen LogP contribution in [0.1, 0.15) is 48.9 Å². The van der Waals surface area contributed by atoms with Gasteiger partial charge in [0.25, 0.3) is 5.56 Å². The molecular formula is C20H21F3N4OS. The molecule has 1 aromatic carbocycles. The number of alkyl halides is 3. The fourth-order valence-corrected chi connectivity index (χ4v) is 4.97. The summed E-state index contributed by atoms with van der Waals surface area (Å²) in [6, 6.07) is 7.07. The second-order valence-electron chi connectivity index (χ2n) is 7.35. The standard InChI is InChI=1S/C20H21F3N4OS/c1-3-14-11-17(28)27-18(24-14)29-19(25-27)26(2)16-6-4-5-15(16)12-7-9-13(10-8-12)20(21,22)23/h7-11,15-16H,3-6H2,1-2H3/t15-,16-/m0/s1. The summed E-state index contributed by atoms with van der Waals surface area (Å²) in [5.41, 5.74) is 0.800. The van der Waals surface area contributed by atoms with Crippen LogP contribution in [0.5, 0.6) is 0 Å². The highest BCUT2D eigenvalue weighted by atomic mass is 32.1. The molecule has 1 fully saturated rings. The largest absolute Gasteiger partial charge is 0.416 e. The van der Waals surface area contributed by atoms with Crippen LogP contribution in [-0.2, 0) is 12.6 Å². The molecule has 1 aliphatic carbocycles. The lowest BCUT2D eigenvalue weighted by atomic mass is 9.92. The van der Waals surface area contributed by atoms with Gasteiger partial charge in [0.1, 0.15) is 0 Å². The number of hydrogen-bond acceptors (Lipinski definition) is 5. The van der Waals surface area contributed by atoms with Gasteiger partial charge in [-0.1, -0.05) is 36.8 Å². The Kier molecular flexibility index (Phi) is 5.10. The number of benzene rings is 1. The molecule has 0 N–H and O–H groups in total. The molecule has 154 valence electrons. The Hall–Kier alpha value is -2.42. The molecule has 0 radical (unpaired) electrons. The minimum absolute atomic E-state index is 0.105. The van der Waals surface area contributed by atoms with E-state index in [1.54, 1.807) is 12.1 Å². The molecule has 0 saturated heterocycles. The molecule has 0 unspecified atom stereocenters. The molecule has 0 aliphatic heterocycles. The molecule has 5 nitrogen and oxygen atoms in total. The van der Waals surface area contributed by atoms with Gasteiger partial charge in [-0.2, -0.15) is 17.7 Å². The van der Waals surface area contributed by atoms with E-state index in [0.29, 0.717) is 16.5 Å². The van der Waals surface area contributed by atoms with E-state index in [9.17, 15) is 18.0 Å². The summed E-state index contributed by atoms with van der Waals surface area (Å²) >= 11 is 1.36. The number of likely N-dealkylation sites (N-methyl/N-ethyl adjacent to an activating group) is 1. The van der Waals surface area contributed by atoms with Crippen LogP contribution in [0.15, 0.2) is 35.1 Å². The Labute approximate surface area is 169 Å². The molecule has 1 aliphatic rings. The van der Waals surface area contributed by atoms with Gasteiger partial charge < -0.3 is 4.90 Å². The molecule has 2 atom stereocenters. The predicted molar refractivity (Wildman–Crippen MR) is 107 cm³/mol. The number of nitrogens with zero attached hydrogens (tertiary/aromatic N) is 4. The summed E-state index contributed by atoms with van der Waals surface area (Å²) < 4.78 is 39.9. The fraction of sp³-hybridized carbons (Fsp3) is 0.450. The van der Waals surface area contributed by atoms with Crippen molar-refractivity contribution >= 4 is 21.4 Å². The molecule has 0 bridgehead atoms. The minimum Gasteiger partial charge on any atom is -0.346 e. The summed E-state index contributed by atoms with van der Waals surface area (Å²) in [6.45, 7) is 1.94. The number of aromatic nitrogens is 3. The highest BCUT2D eigenvalue weighted by molar-refractivity contribution is 7.20. The molecule has 0 spiro atoms. The predicted octanol–water partition coefficient (Wildman–Crippen LogP) is 4.50. The number of anilines is 1. The van der Waals surface area contributed by atoms with Crippen molar-refractivity contribution in [3.05, 3.63) is 57.5 Å². The Morgan fingerprint density at radius 1 is 1.24 bits per heavy atom. The van der Waals surface area contributed by atoms with E-state index in [1.807, 2.05) is 18.9 Å². The van der Waals surface area contributed by atoms with Crippen molar-refractivity contribution in [3.63, 3.8) is 0 Å². The molecule has 29 heavy (non-hydrogen) atoms. The lowest BCUT2D eigenvalue weighted by Gasteiger charge is -2.29. The van der Waals surface area contributed by atoms with Crippen molar-refractivity contribution in [3.8, 4) is 0 Å². The Morgan fingerprint density at radius 3 is 2.62 bits per heavy atom. The molecule has 4 rings (SSSR count). The fourth-order valence-electron chi connectivity index (χ4n) is 4.02. The summed E-state index contributed by atoms with van der Waals surface area (Å²) in [5.74, 6) is 0.116. The second kappa shape index (κ2) is 7.44. The highest BCUT2D eigenvalue weighted by Crippen LogP contribution is 2.40. The summed E-state index contributed by atoms with van der Waals surface area (Å²) in [4.78, 5) is 19.3. The van der Waals surface area contributed by atoms with Gasteiger partial charge in [-0.3, -0.25) is 4.79 Å². The monoisotopic (exact) mass is 422 g/mol. The first-order valence-corrected chi connectivity index (χ1v) is 10.4. The van der Waals surface area contributed by atoms with Crippen molar-refractivity contribution < 1.29 is 13.2 Å². The second-order valence-corrected chi connectivity index (χ2v) is 8.29. The van der Waals surface area contributed by atoms with E-state index in [2.05, 4.69) is 10.1 Å². The van der Waals surface area contributed by atoms with Gasteiger partial charge in [0.2, 0.25) is 10.1 Å². The van der Waals surface area contributed by atoms with Crippen molar-refractivity contribution in [1.29, 1.82) is 0 Å². The normalized spacial score (nSPS) is 19.8. The van der Waals surface area contributed by atoms with Crippen LogP contribution < -0.4 is 10.5 Å². The molecule has 9 heteroatoms. The highest BCUT2D eigenvalue weighted by Gasteiger charge is 2.35. The van der Waals surface area contributed by atoms with Crippen LogP contribution >= 0.6 is 11.3 Å². The van der Waals surface area contributed by atoms with Crippen molar-refractivity contribution in [2.75, 3.05) is 11.9 Å². The first-order valence-electron chi connectivity index (χ1n) is 9.57. The maximum atomic E-state index is 12.9. The first kappa shape index (κ1) is 19.9. The van der Waals surface area contributed by atoms with Gasteiger partial charge in [0.05, 0.1) is 5.56 Å². The van der Waals surface area contributed by atoms with E-state index in [-0.39, 0.29) is 17.5 Å². The van der Waals surface area contributed by atoms with Gasteiger partial charge >= 0.3 is 6.18 Å². The van der Waals surface area contributed by atoms with E-state index < -0.39 is 11.7 Å².